The Morgan fingerprint density at radius 1 is 1.47 bits per heavy atom. The Labute approximate surface area is 92.1 Å². The third kappa shape index (κ3) is 4.01. The van der Waals surface area contributed by atoms with Crippen molar-refractivity contribution in [2.75, 3.05) is 13.1 Å². The Hall–Kier alpha value is -0.880. The van der Waals surface area contributed by atoms with E-state index in [1.165, 1.54) is 12.8 Å². The standard InChI is InChI=1S/C12H20N2O/c1-12(2,3)11(15)9-14(8-4-7-13)10-5-6-10/h10H,4-6,8-9H2,1-3H3. The predicted molar refractivity (Wildman–Crippen MR) is 59.3 cm³/mol. The Morgan fingerprint density at radius 3 is 2.47 bits per heavy atom. The first-order valence-corrected chi connectivity index (χ1v) is 5.59. The van der Waals surface area contributed by atoms with Gasteiger partial charge in [-0.25, -0.2) is 0 Å². The predicted octanol–water partition coefficient (Wildman–Crippen LogP) is 1.98. The smallest absolute Gasteiger partial charge is 0.152 e. The van der Waals surface area contributed by atoms with Crippen LogP contribution in [0.1, 0.15) is 40.0 Å². The van der Waals surface area contributed by atoms with Crippen LogP contribution in [0.3, 0.4) is 0 Å². The second-order valence-electron chi connectivity index (χ2n) is 5.28. The molecular formula is C12H20N2O. The highest BCUT2D eigenvalue weighted by Crippen LogP contribution is 2.28. The van der Waals surface area contributed by atoms with E-state index in [2.05, 4.69) is 11.0 Å². The van der Waals surface area contributed by atoms with E-state index in [-0.39, 0.29) is 11.2 Å². The van der Waals surface area contributed by atoms with Crippen LogP contribution in [0.15, 0.2) is 0 Å². The van der Waals surface area contributed by atoms with Gasteiger partial charge in [-0.1, -0.05) is 20.8 Å². The van der Waals surface area contributed by atoms with E-state index < -0.39 is 0 Å². The lowest BCUT2D eigenvalue weighted by molar-refractivity contribution is -0.127. The topological polar surface area (TPSA) is 44.1 Å². The van der Waals surface area contributed by atoms with Crippen molar-refractivity contribution in [3.05, 3.63) is 0 Å². The van der Waals surface area contributed by atoms with Crippen molar-refractivity contribution in [1.29, 1.82) is 5.26 Å². The maximum Gasteiger partial charge on any atom is 0.152 e. The second kappa shape index (κ2) is 4.76. The highest BCUT2D eigenvalue weighted by molar-refractivity contribution is 5.85. The molecule has 0 aromatic heterocycles. The van der Waals surface area contributed by atoms with E-state index in [0.717, 1.165) is 6.54 Å². The van der Waals surface area contributed by atoms with Gasteiger partial charge in [0, 0.05) is 24.4 Å². The summed E-state index contributed by atoms with van der Waals surface area (Å²) >= 11 is 0. The van der Waals surface area contributed by atoms with E-state index in [4.69, 9.17) is 5.26 Å². The van der Waals surface area contributed by atoms with Crippen LogP contribution in [0.2, 0.25) is 0 Å². The number of carbonyl (C=O) groups is 1. The van der Waals surface area contributed by atoms with Gasteiger partial charge in [0.1, 0.15) is 0 Å². The maximum atomic E-state index is 11.8. The molecule has 1 saturated carbocycles. The first-order chi connectivity index (χ1) is 6.95. The highest BCUT2D eigenvalue weighted by Gasteiger charge is 2.32. The number of Topliss-reactive ketones (excluding diaryl/α,β-unsaturated/α-hetero) is 1. The largest absolute Gasteiger partial charge is 0.298 e. The van der Waals surface area contributed by atoms with Crippen molar-refractivity contribution >= 4 is 5.78 Å². The van der Waals surface area contributed by atoms with Gasteiger partial charge in [0.2, 0.25) is 0 Å². The minimum absolute atomic E-state index is 0.264. The lowest BCUT2D eigenvalue weighted by Crippen LogP contribution is -2.37. The molecule has 0 amide bonds. The molecule has 0 atom stereocenters. The van der Waals surface area contributed by atoms with Crippen molar-refractivity contribution in [3.63, 3.8) is 0 Å². The summed E-state index contributed by atoms with van der Waals surface area (Å²) in [7, 11) is 0. The lowest BCUT2D eigenvalue weighted by Gasteiger charge is -2.24. The van der Waals surface area contributed by atoms with E-state index >= 15 is 0 Å². The average molecular weight is 208 g/mol. The summed E-state index contributed by atoms with van der Waals surface area (Å²) in [6.07, 6.45) is 2.89. The van der Waals surface area contributed by atoms with Crippen molar-refractivity contribution in [3.8, 4) is 6.07 Å². The summed E-state index contributed by atoms with van der Waals surface area (Å²) in [4.78, 5) is 14.0. The van der Waals surface area contributed by atoms with Gasteiger partial charge in [0.05, 0.1) is 12.6 Å². The van der Waals surface area contributed by atoms with Crippen LogP contribution in [-0.2, 0) is 4.79 Å². The monoisotopic (exact) mass is 208 g/mol. The molecule has 0 aromatic carbocycles. The normalized spacial score (nSPS) is 16.5. The number of nitriles is 1. The second-order valence-corrected chi connectivity index (χ2v) is 5.28. The van der Waals surface area contributed by atoms with Crippen LogP contribution in [0.25, 0.3) is 0 Å². The molecule has 0 spiro atoms. The van der Waals surface area contributed by atoms with Gasteiger partial charge in [-0.15, -0.1) is 0 Å². The first-order valence-electron chi connectivity index (χ1n) is 5.59. The molecule has 1 rings (SSSR count). The van der Waals surface area contributed by atoms with Crippen molar-refractivity contribution in [2.45, 2.75) is 46.1 Å². The zero-order chi connectivity index (χ0) is 11.5. The van der Waals surface area contributed by atoms with Crippen LogP contribution in [0, 0.1) is 16.7 Å². The molecular weight excluding hydrogens is 188 g/mol. The third-order valence-corrected chi connectivity index (χ3v) is 2.76. The average Bonchev–Trinajstić information content (AvgIpc) is 2.93. The quantitative estimate of drug-likeness (QED) is 0.694. The fourth-order valence-electron chi connectivity index (χ4n) is 1.45. The zero-order valence-electron chi connectivity index (χ0n) is 9.92. The van der Waals surface area contributed by atoms with Gasteiger partial charge in [-0.05, 0) is 12.8 Å². The van der Waals surface area contributed by atoms with E-state index in [1.807, 2.05) is 20.8 Å². The van der Waals surface area contributed by atoms with Crippen LogP contribution in [0.5, 0.6) is 0 Å². The number of ketones is 1. The lowest BCUT2D eigenvalue weighted by atomic mass is 9.90. The van der Waals surface area contributed by atoms with E-state index in [1.54, 1.807) is 0 Å². The molecule has 0 radical (unpaired) electrons. The molecule has 0 heterocycles. The molecule has 0 aromatic rings. The number of hydrogen-bond acceptors (Lipinski definition) is 3. The van der Waals surface area contributed by atoms with Gasteiger partial charge in [0.25, 0.3) is 0 Å². The van der Waals surface area contributed by atoms with Crippen molar-refractivity contribution in [1.82, 2.24) is 4.90 Å². The summed E-state index contributed by atoms with van der Waals surface area (Å²) in [6.45, 7) is 7.10. The van der Waals surface area contributed by atoms with Gasteiger partial charge in [-0.2, -0.15) is 5.26 Å². The van der Waals surface area contributed by atoms with Gasteiger partial charge in [0.15, 0.2) is 5.78 Å². The molecule has 0 bridgehead atoms. The SMILES string of the molecule is CC(C)(C)C(=O)CN(CCC#N)C1CC1. The van der Waals surface area contributed by atoms with Crippen LogP contribution in [-0.4, -0.2) is 29.8 Å². The van der Waals surface area contributed by atoms with Gasteiger partial charge >= 0.3 is 0 Å². The summed E-state index contributed by atoms with van der Waals surface area (Å²) in [6, 6.07) is 2.70. The van der Waals surface area contributed by atoms with E-state index in [9.17, 15) is 4.79 Å². The first kappa shape index (κ1) is 12.2. The molecule has 1 aliphatic carbocycles. The molecule has 0 unspecified atom stereocenters. The third-order valence-electron chi connectivity index (χ3n) is 2.76. The maximum absolute atomic E-state index is 11.8. The van der Waals surface area contributed by atoms with E-state index in [0.29, 0.717) is 19.0 Å². The van der Waals surface area contributed by atoms with Gasteiger partial charge < -0.3 is 0 Å². The minimum atomic E-state index is -0.264. The summed E-state index contributed by atoms with van der Waals surface area (Å²) in [5, 5.41) is 8.55. The fraction of sp³-hybridized carbons (Fsp3) is 0.833. The fourth-order valence-corrected chi connectivity index (χ4v) is 1.45. The molecule has 3 nitrogen and oxygen atoms in total. The van der Waals surface area contributed by atoms with Crippen LogP contribution in [0.4, 0.5) is 0 Å². The summed E-state index contributed by atoms with van der Waals surface area (Å²) in [5.74, 6) is 0.271. The number of nitrogens with zero attached hydrogens (tertiary/aromatic N) is 2. The van der Waals surface area contributed by atoms with Crippen LogP contribution >= 0.6 is 0 Å². The van der Waals surface area contributed by atoms with Crippen molar-refractivity contribution < 1.29 is 4.79 Å². The Kier molecular flexibility index (Phi) is 3.87. The number of carbonyl (C=O) groups excluding carboxylic acids is 1. The van der Waals surface area contributed by atoms with Crippen LogP contribution < -0.4 is 0 Å². The Bertz CT molecular complexity index is 268. The number of hydrogen-bond donors (Lipinski definition) is 0. The zero-order valence-corrected chi connectivity index (χ0v) is 9.92. The molecule has 3 heteroatoms. The summed E-state index contributed by atoms with van der Waals surface area (Å²) < 4.78 is 0. The molecule has 0 aliphatic heterocycles. The number of rotatable bonds is 5. The molecule has 1 aliphatic rings. The molecule has 15 heavy (non-hydrogen) atoms. The molecule has 0 N–H and O–H groups in total. The Balaban J connectivity index is 2.44. The van der Waals surface area contributed by atoms with Gasteiger partial charge in [-0.3, -0.25) is 9.69 Å². The summed E-state index contributed by atoms with van der Waals surface area (Å²) in [5.41, 5.74) is -0.264. The van der Waals surface area contributed by atoms with Crippen molar-refractivity contribution in [2.24, 2.45) is 5.41 Å². The Morgan fingerprint density at radius 2 is 2.07 bits per heavy atom. The highest BCUT2D eigenvalue weighted by atomic mass is 16.1. The molecule has 1 fully saturated rings. The molecule has 84 valence electrons. The molecule has 0 saturated heterocycles. The minimum Gasteiger partial charge on any atom is -0.298 e.